The summed E-state index contributed by atoms with van der Waals surface area (Å²) < 4.78 is 0. The number of aliphatic imine (C=N–C) groups is 2. The third kappa shape index (κ3) is 9.23. The molecular weight excluding hydrogens is 332 g/mol. The van der Waals surface area contributed by atoms with Crippen LogP contribution in [0.5, 0.6) is 0 Å². The molecule has 0 heterocycles. The molecule has 0 saturated heterocycles. The average Bonchev–Trinajstić information content (AvgIpc) is 2.60. The molecule has 1 aromatic carbocycles. The lowest BCUT2D eigenvalue weighted by molar-refractivity contribution is 0.543. The van der Waals surface area contributed by atoms with E-state index in [4.69, 9.17) is 5.73 Å². The van der Waals surface area contributed by atoms with E-state index in [9.17, 15) is 0 Å². The largest absolute Gasteiger partial charge is 0.370 e. The predicted molar refractivity (Wildman–Crippen MR) is 122 cm³/mol. The first kappa shape index (κ1) is 24.6. The molecule has 0 bridgehead atoms. The standard InChI is InChI=1S/C13H24N4.C10H14/c1-7-9-13(3,11(8-2)10-15-4)16-12(14)17(5)6;1-3-5-10-7-4-6-9(2)8-10/h7-8,10H,1,9H2,2-6H3,(H2,14,16);4,6-8H,3,5H2,1-2H3/b11-8+,15-10?;/t13-;/m0./s1. The SMILES string of the molecule is C=CC[C@](C)(N=C(N)N(C)C)/C(C=NC)=C/C.CCCc1cccc(C)c1. The topological polar surface area (TPSA) is 54.0 Å². The van der Waals surface area contributed by atoms with Crippen LogP contribution >= 0.6 is 0 Å². The van der Waals surface area contributed by atoms with E-state index < -0.39 is 5.54 Å². The van der Waals surface area contributed by atoms with Crippen molar-refractivity contribution >= 4 is 12.2 Å². The molecule has 0 aliphatic carbocycles. The molecule has 0 aromatic heterocycles. The van der Waals surface area contributed by atoms with Gasteiger partial charge in [0.2, 0.25) is 0 Å². The zero-order chi connectivity index (χ0) is 20.9. The number of benzene rings is 1. The van der Waals surface area contributed by atoms with Gasteiger partial charge >= 0.3 is 0 Å². The Morgan fingerprint density at radius 2 is 2.00 bits per heavy atom. The van der Waals surface area contributed by atoms with Gasteiger partial charge in [-0.25, -0.2) is 4.99 Å². The molecular formula is C23H38N4. The van der Waals surface area contributed by atoms with E-state index in [1.807, 2.05) is 46.3 Å². The van der Waals surface area contributed by atoms with Gasteiger partial charge in [-0.1, -0.05) is 55.3 Å². The first-order chi connectivity index (χ1) is 12.7. The summed E-state index contributed by atoms with van der Waals surface area (Å²) in [5, 5.41) is 0. The van der Waals surface area contributed by atoms with Crippen LogP contribution in [0.4, 0.5) is 0 Å². The monoisotopic (exact) mass is 370 g/mol. The van der Waals surface area contributed by atoms with Crippen molar-refractivity contribution in [3.63, 3.8) is 0 Å². The maximum atomic E-state index is 5.89. The minimum Gasteiger partial charge on any atom is -0.370 e. The number of guanidine groups is 1. The molecule has 0 radical (unpaired) electrons. The van der Waals surface area contributed by atoms with Crippen LogP contribution in [0.25, 0.3) is 0 Å². The van der Waals surface area contributed by atoms with Crippen LogP contribution < -0.4 is 5.73 Å². The van der Waals surface area contributed by atoms with E-state index in [0.29, 0.717) is 12.4 Å². The highest BCUT2D eigenvalue weighted by Gasteiger charge is 2.26. The lowest BCUT2D eigenvalue weighted by Crippen LogP contribution is -2.36. The molecule has 150 valence electrons. The van der Waals surface area contributed by atoms with Gasteiger partial charge in [0.05, 0.1) is 5.54 Å². The van der Waals surface area contributed by atoms with Crippen LogP contribution in [-0.4, -0.2) is 43.8 Å². The van der Waals surface area contributed by atoms with Gasteiger partial charge in [-0.05, 0) is 44.7 Å². The summed E-state index contributed by atoms with van der Waals surface area (Å²) >= 11 is 0. The summed E-state index contributed by atoms with van der Waals surface area (Å²) in [5.41, 5.74) is 9.34. The van der Waals surface area contributed by atoms with Crippen molar-refractivity contribution in [3.8, 4) is 0 Å². The molecule has 0 fully saturated rings. The zero-order valence-electron chi connectivity index (χ0n) is 18.3. The molecule has 0 unspecified atom stereocenters. The number of hydrogen-bond acceptors (Lipinski definition) is 2. The fraction of sp³-hybridized carbons (Fsp3) is 0.478. The zero-order valence-corrected chi connectivity index (χ0v) is 18.3. The van der Waals surface area contributed by atoms with Gasteiger partial charge in [-0.3, -0.25) is 4.99 Å². The molecule has 1 aromatic rings. The second-order valence-corrected chi connectivity index (χ2v) is 7.00. The van der Waals surface area contributed by atoms with E-state index in [0.717, 1.165) is 5.57 Å². The number of aryl methyl sites for hydroxylation is 2. The van der Waals surface area contributed by atoms with Gasteiger partial charge in [0.25, 0.3) is 0 Å². The Hall–Kier alpha value is -2.36. The Bertz CT molecular complexity index is 656. The fourth-order valence-electron chi connectivity index (χ4n) is 2.68. The minimum absolute atomic E-state index is 0.412. The van der Waals surface area contributed by atoms with E-state index in [-0.39, 0.29) is 0 Å². The van der Waals surface area contributed by atoms with Gasteiger partial charge in [0, 0.05) is 27.4 Å². The Morgan fingerprint density at radius 3 is 2.44 bits per heavy atom. The number of nitrogens with two attached hydrogens (primary N) is 1. The van der Waals surface area contributed by atoms with Crippen molar-refractivity contribution in [1.82, 2.24) is 4.90 Å². The highest BCUT2D eigenvalue weighted by molar-refractivity contribution is 5.84. The van der Waals surface area contributed by atoms with Crippen LogP contribution in [0.15, 0.2) is 58.6 Å². The minimum atomic E-state index is -0.412. The van der Waals surface area contributed by atoms with Gasteiger partial charge in [-0.15, -0.1) is 6.58 Å². The lowest BCUT2D eigenvalue weighted by atomic mass is 9.89. The fourth-order valence-corrected chi connectivity index (χ4v) is 2.68. The van der Waals surface area contributed by atoms with Gasteiger partial charge in [-0.2, -0.15) is 0 Å². The van der Waals surface area contributed by atoms with E-state index in [1.165, 1.54) is 24.0 Å². The second-order valence-electron chi connectivity index (χ2n) is 7.00. The first-order valence-corrected chi connectivity index (χ1v) is 9.52. The van der Waals surface area contributed by atoms with Crippen molar-refractivity contribution in [2.45, 2.75) is 52.5 Å². The van der Waals surface area contributed by atoms with Crippen molar-refractivity contribution in [1.29, 1.82) is 0 Å². The Kier molecular flexibility index (Phi) is 11.8. The summed E-state index contributed by atoms with van der Waals surface area (Å²) in [6, 6.07) is 8.71. The molecule has 0 aliphatic rings. The molecule has 2 N–H and O–H groups in total. The molecule has 0 saturated carbocycles. The van der Waals surface area contributed by atoms with Crippen LogP contribution in [0.3, 0.4) is 0 Å². The molecule has 4 heteroatoms. The summed E-state index contributed by atoms with van der Waals surface area (Å²) in [7, 11) is 5.49. The molecule has 4 nitrogen and oxygen atoms in total. The molecule has 1 atom stereocenters. The third-order valence-electron chi connectivity index (χ3n) is 4.18. The highest BCUT2D eigenvalue weighted by atomic mass is 15.2. The van der Waals surface area contributed by atoms with Crippen LogP contribution in [0.2, 0.25) is 0 Å². The van der Waals surface area contributed by atoms with Crippen molar-refractivity contribution in [2.24, 2.45) is 15.7 Å². The molecule has 0 aliphatic heterocycles. The van der Waals surface area contributed by atoms with Crippen LogP contribution in [0, 0.1) is 6.92 Å². The number of nitrogens with zero attached hydrogens (tertiary/aromatic N) is 3. The van der Waals surface area contributed by atoms with Crippen molar-refractivity contribution in [2.75, 3.05) is 21.1 Å². The second kappa shape index (κ2) is 12.9. The highest BCUT2D eigenvalue weighted by Crippen LogP contribution is 2.25. The number of allylic oxidation sites excluding steroid dienone is 1. The lowest BCUT2D eigenvalue weighted by Gasteiger charge is -2.27. The van der Waals surface area contributed by atoms with E-state index in [2.05, 4.69) is 54.7 Å². The first-order valence-electron chi connectivity index (χ1n) is 9.52. The molecule has 1 rings (SSSR count). The normalized spacial score (nSPS) is 14.3. The maximum Gasteiger partial charge on any atom is 0.191 e. The molecule has 0 amide bonds. The number of rotatable bonds is 7. The molecule has 27 heavy (non-hydrogen) atoms. The average molecular weight is 371 g/mol. The Morgan fingerprint density at radius 1 is 1.33 bits per heavy atom. The van der Waals surface area contributed by atoms with Gasteiger partial charge in [0.1, 0.15) is 0 Å². The third-order valence-corrected chi connectivity index (χ3v) is 4.18. The maximum absolute atomic E-state index is 5.89. The van der Waals surface area contributed by atoms with Gasteiger partial charge < -0.3 is 10.6 Å². The Labute approximate surface area is 166 Å². The van der Waals surface area contributed by atoms with E-state index >= 15 is 0 Å². The molecule has 0 spiro atoms. The number of hydrogen-bond donors (Lipinski definition) is 1. The summed E-state index contributed by atoms with van der Waals surface area (Å²) in [6.45, 7) is 12.1. The van der Waals surface area contributed by atoms with Crippen LogP contribution in [0.1, 0.15) is 44.7 Å². The van der Waals surface area contributed by atoms with E-state index in [1.54, 1.807) is 11.9 Å². The van der Waals surface area contributed by atoms with Gasteiger partial charge in [0.15, 0.2) is 5.96 Å². The predicted octanol–water partition coefficient (Wildman–Crippen LogP) is 4.79. The summed E-state index contributed by atoms with van der Waals surface area (Å²) in [5.74, 6) is 0.498. The Balaban J connectivity index is 0.000000569. The van der Waals surface area contributed by atoms with Crippen molar-refractivity contribution < 1.29 is 0 Å². The smallest absolute Gasteiger partial charge is 0.191 e. The summed E-state index contributed by atoms with van der Waals surface area (Å²) in [6.07, 6.45) is 8.83. The summed E-state index contributed by atoms with van der Waals surface area (Å²) in [4.78, 5) is 10.4. The van der Waals surface area contributed by atoms with Crippen molar-refractivity contribution in [3.05, 3.63) is 59.7 Å². The quantitative estimate of drug-likeness (QED) is 0.426. The van der Waals surface area contributed by atoms with Crippen LogP contribution in [-0.2, 0) is 6.42 Å².